The Hall–Kier alpha value is -2.95. The highest BCUT2D eigenvalue weighted by molar-refractivity contribution is 6.07. The standard InChI is InChI=1S/C18H18O5/c1-3-23-18-10-12(5-8-16(18)21)4-7-14(19)13-6-9-15(20)17(11-13)22-2/h4-11,20-21H,3H2,1-2H3/b7-4+. The molecule has 0 fully saturated rings. The molecule has 120 valence electrons. The van der Waals surface area contributed by atoms with Gasteiger partial charge in [0.05, 0.1) is 13.7 Å². The van der Waals surface area contributed by atoms with Crippen LogP contribution in [0.1, 0.15) is 22.8 Å². The average Bonchev–Trinajstić information content (AvgIpc) is 2.56. The molecule has 0 radical (unpaired) electrons. The van der Waals surface area contributed by atoms with Crippen molar-refractivity contribution in [3.05, 3.63) is 53.6 Å². The van der Waals surface area contributed by atoms with Crippen LogP contribution in [0, 0.1) is 0 Å². The first-order chi connectivity index (χ1) is 11.0. The van der Waals surface area contributed by atoms with Crippen LogP contribution in [0.4, 0.5) is 0 Å². The van der Waals surface area contributed by atoms with Crippen LogP contribution in [-0.4, -0.2) is 29.7 Å². The molecule has 0 aliphatic heterocycles. The van der Waals surface area contributed by atoms with E-state index < -0.39 is 0 Å². The Bertz CT molecular complexity index is 734. The maximum Gasteiger partial charge on any atom is 0.185 e. The summed E-state index contributed by atoms with van der Waals surface area (Å²) >= 11 is 0. The van der Waals surface area contributed by atoms with E-state index in [0.29, 0.717) is 17.9 Å². The van der Waals surface area contributed by atoms with E-state index in [1.54, 1.807) is 18.2 Å². The fourth-order valence-corrected chi connectivity index (χ4v) is 2.00. The van der Waals surface area contributed by atoms with E-state index in [9.17, 15) is 15.0 Å². The van der Waals surface area contributed by atoms with Crippen LogP contribution in [0.5, 0.6) is 23.0 Å². The first kappa shape index (κ1) is 16.4. The van der Waals surface area contributed by atoms with Gasteiger partial charge in [-0.3, -0.25) is 4.79 Å². The number of ketones is 1. The lowest BCUT2D eigenvalue weighted by Crippen LogP contribution is -1.95. The third-order valence-electron chi connectivity index (χ3n) is 3.18. The molecule has 0 atom stereocenters. The summed E-state index contributed by atoms with van der Waals surface area (Å²) in [4.78, 5) is 12.2. The summed E-state index contributed by atoms with van der Waals surface area (Å²) < 4.78 is 10.3. The smallest absolute Gasteiger partial charge is 0.185 e. The first-order valence-electron chi connectivity index (χ1n) is 7.10. The van der Waals surface area contributed by atoms with Crippen molar-refractivity contribution >= 4 is 11.9 Å². The molecule has 0 aliphatic rings. The van der Waals surface area contributed by atoms with E-state index in [4.69, 9.17) is 9.47 Å². The summed E-state index contributed by atoms with van der Waals surface area (Å²) in [6.45, 7) is 2.26. The maximum absolute atomic E-state index is 12.2. The number of methoxy groups -OCH3 is 1. The van der Waals surface area contributed by atoms with Gasteiger partial charge in [-0.1, -0.05) is 12.1 Å². The fourth-order valence-electron chi connectivity index (χ4n) is 2.00. The molecule has 2 aromatic rings. The van der Waals surface area contributed by atoms with Gasteiger partial charge in [-0.25, -0.2) is 0 Å². The molecule has 0 aliphatic carbocycles. The van der Waals surface area contributed by atoms with Crippen LogP contribution in [0.2, 0.25) is 0 Å². The Balaban J connectivity index is 2.19. The van der Waals surface area contributed by atoms with Gasteiger partial charge in [-0.05, 0) is 48.9 Å². The van der Waals surface area contributed by atoms with Crippen molar-refractivity contribution in [2.24, 2.45) is 0 Å². The molecular formula is C18H18O5. The van der Waals surface area contributed by atoms with Crippen molar-refractivity contribution in [2.45, 2.75) is 6.92 Å². The number of aromatic hydroxyl groups is 2. The molecule has 0 aromatic heterocycles. The van der Waals surface area contributed by atoms with Crippen molar-refractivity contribution in [2.75, 3.05) is 13.7 Å². The monoisotopic (exact) mass is 314 g/mol. The largest absolute Gasteiger partial charge is 0.504 e. The number of ether oxygens (including phenoxy) is 2. The van der Waals surface area contributed by atoms with Crippen molar-refractivity contribution in [3.63, 3.8) is 0 Å². The predicted octanol–water partition coefficient (Wildman–Crippen LogP) is 3.40. The lowest BCUT2D eigenvalue weighted by atomic mass is 10.1. The second kappa shape index (κ2) is 7.35. The molecule has 2 aromatic carbocycles. The van der Waals surface area contributed by atoms with Gasteiger partial charge in [0.25, 0.3) is 0 Å². The van der Waals surface area contributed by atoms with Crippen LogP contribution in [0.15, 0.2) is 42.5 Å². The number of carbonyl (C=O) groups is 1. The van der Waals surface area contributed by atoms with Crippen LogP contribution >= 0.6 is 0 Å². The lowest BCUT2D eigenvalue weighted by molar-refractivity contribution is 0.104. The summed E-state index contributed by atoms with van der Waals surface area (Å²) in [6.07, 6.45) is 3.04. The minimum atomic E-state index is -0.227. The molecule has 0 saturated carbocycles. The van der Waals surface area contributed by atoms with E-state index in [1.807, 2.05) is 6.92 Å². The van der Waals surface area contributed by atoms with Gasteiger partial charge in [-0.15, -0.1) is 0 Å². The van der Waals surface area contributed by atoms with Gasteiger partial charge in [0.2, 0.25) is 0 Å². The molecule has 0 heterocycles. The summed E-state index contributed by atoms with van der Waals surface area (Å²) in [5.74, 6) is 0.418. The maximum atomic E-state index is 12.2. The molecule has 0 bridgehead atoms. The molecule has 23 heavy (non-hydrogen) atoms. The number of phenols is 2. The highest BCUT2D eigenvalue weighted by atomic mass is 16.5. The topological polar surface area (TPSA) is 76.0 Å². The fraction of sp³-hybridized carbons (Fsp3) is 0.167. The number of hydrogen-bond donors (Lipinski definition) is 2. The molecule has 0 amide bonds. The Morgan fingerprint density at radius 1 is 1.09 bits per heavy atom. The zero-order chi connectivity index (χ0) is 16.8. The Kier molecular flexibility index (Phi) is 5.25. The lowest BCUT2D eigenvalue weighted by Gasteiger charge is -2.06. The molecule has 2 rings (SSSR count). The van der Waals surface area contributed by atoms with Gasteiger partial charge in [0.15, 0.2) is 28.8 Å². The Morgan fingerprint density at radius 3 is 2.48 bits per heavy atom. The summed E-state index contributed by atoms with van der Waals surface area (Å²) in [5, 5.41) is 19.2. The third kappa shape index (κ3) is 4.03. The van der Waals surface area contributed by atoms with Gasteiger partial charge < -0.3 is 19.7 Å². The van der Waals surface area contributed by atoms with Gasteiger partial charge in [0.1, 0.15) is 0 Å². The number of phenolic OH excluding ortho intramolecular Hbond substituents is 2. The first-order valence-corrected chi connectivity index (χ1v) is 7.10. The highest BCUT2D eigenvalue weighted by Gasteiger charge is 2.08. The van der Waals surface area contributed by atoms with Crippen molar-refractivity contribution in [3.8, 4) is 23.0 Å². The van der Waals surface area contributed by atoms with Gasteiger partial charge in [-0.2, -0.15) is 0 Å². The number of allylic oxidation sites excluding steroid dienone is 1. The molecule has 5 heteroatoms. The molecule has 5 nitrogen and oxygen atoms in total. The van der Waals surface area contributed by atoms with Crippen molar-refractivity contribution in [1.29, 1.82) is 0 Å². The van der Waals surface area contributed by atoms with E-state index in [1.165, 1.54) is 37.5 Å². The van der Waals surface area contributed by atoms with Crippen LogP contribution in [0.3, 0.4) is 0 Å². The zero-order valence-corrected chi connectivity index (χ0v) is 12.9. The quantitative estimate of drug-likeness (QED) is 0.631. The SMILES string of the molecule is CCOc1cc(/C=C/C(=O)c2ccc(O)c(OC)c2)ccc1O. The number of hydrogen-bond acceptors (Lipinski definition) is 5. The predicted molar refractivity (Wildman–Crippen MR) is 87.3 cm³/mol. The third-order valence-corrected chi connectivity index (χ3v) is 3.18. The highest BCUT2D eigenvalue weighted by Crippen LogP contribution is 2.28. The van der Waals surface area contributed by atoms with Crippen molar-refractivity contribution in [1.82, 2.24) is 0 Å². The number of rotatable bonds is 6. The average molecular weight is 314 g/mol. The van der Waals surface area contributed by atoms with Crippen molar-refractivity contribution < 1.29 is 24.5 Å². The molecule has 0 unspecified atom stereocenters. The second-order valence-corrected chi connectivity index (χ2v) is 4.74. The van der Waals surface area contributed by atoms with Crippen LogP contribution in [-0.2, 0) is 0 Å². The minimum absolute atomic E-state index is 0.0204. The second-order valence-electron chi connectivity index (χ2n) is 4.74. The van der Waals surface area contributed by atoms with E-state index in [-0.39, 0.29) is 23.0 Å². The Labute approximate surface area is 134 Å². The summed E-state index contributed by atoms with van der Waals surface area (Å²) in [7, 11) is 1.42. The molecular weight excluding hydrogens is 296 g/mol. The molecule has 2 N–H and O–H groups in total. The Morgan fingerprint density at radius 2 is 1.78 bits per heavy atom. The summed E-state index contributed by atoms with van der Waals surface area (Å²) in [6, 6.07) is 9.25. The van der Waals surface area contributed by atoms with E-state index in [2.05, 4.69) is 0 Å². The van der Waals surface area contributed by atoms with E-state index in [0.717, 1.165) is 5.56 Å². The molecule has 0 spiro atoms. The van der Waals surface area contributed by atoms with E-state index >= 15 is 0 Å². The van der Waals surface area contributed by atoms with Gasteiger partial charge >= 0.3 is 0 Å². The summed E-state index contributed by atoms with van der Waals surface area (Å²) in [5.41, 5.74) is 1.13. The minimum Gasteiger partial charge on any atom is -0.504 e. The molecule has 0 saturated heterocycles. The van der Waals surface area contributed by atoms with Crippen LogP contribution in [0.25, 0.3) is 6.08 Å². The zero-order valence-electron chi connectivity index (χ0n) is 12.9. The van der Waals surface area contributed by atoms with Gasteiger partial charge in [0, 0.05) is 5.56 Å². The van der Waals surface area contributed by atoms with Crippen LogP contribution < -0.4 is 9.47 Å². The number of benzene rings is 2. The normalized spacial score (nSPS) is 10.7. The number of carbonyl (C=O) groups excluding carboxylic acids is 1.